The lowest BCUT2D eigenvalue weighted by Crippen LogP contribution is -2.44. The largest absolute Gasteiger partial charge is 0.344 e. The number of fused-ring (bicyclic) bond motifs is 1. The van der Waals surface area contributed by atoms with E-state index in [4.69, 9.17) is 5.73 Å². The number of pyridine rings is 1. The number of carbonyl (C=O) groups is 2. The predicted molar refractivity (Wildman–Crippen MR) is 138 cm³/mol. The molecule has 0 spiro atoms. The first-order chi connectivity index (χ1) is 16.5. The highest BCUT2D eigenvalue weighted by Crippen LogP contribution is 2.27. The van der Waals surface area contributed by atoms with E-state index in [1.54, 1.807) is 12.1 Å². The van der Waals surface area contributed by atoms with Gasteiger partial charge in [0, 0.05) is 23.6 Å². The van der Waals surface area contributed by atoms with Gasteiger partial charge >= 0.3 is 0 Å². The molecule has 1 unspecified atom stereocenters. The fourth-order valence-corrected chi connectivity index (χ4v) is 4.95. The number of rotatable bonds is 12. The van der Waals surface area contributed by atoms with Crippen LogP contribution in [0.2, 0.25) is 0 Å². The lowest BCUT2D eigenvalue weighted by molar-refractivity contribution is -0.126. The number of nitrogens with one attached hydrogen (secondary N) is 3. The normalized spacial score (nSPS) is 15.2. The Balaban J connectivity index is 1.66. The average molecular weight is 469 g/mol. The zero-order valence-electron chi connectivity index (χ0n) is 20.5. The molecule has 1 heterocycles. The van der Waals surface area contributed by atoms with Gasteiger partial charge in [0.15, 0.2) is 0 Å². The molecule has 3 rings (SSSR count). The van der Waals surface area contributed by atoms with Gasteiger partial charge in [0.2, 0.25) is 17.4 Å². The highest BCUT2D eigenvalue weighted by Gasteiger charge is 2.22. The molecule has 1 saturated carbocycles. The Morgan fingerprint density at radius 1 is 1.15 bits per heavy atom. The van der Waals surface area contributed by atoms with Gasteiger partial charge in [-0.25, -0.2) is 0 Å². The Hall–Kier alpha value is -2.67. The number of unbranched alkanes of at least 4 members (excludes halogenated alkanes) is 1. The minimum Gasteiger partial charge on any atom is -0.344 e. The SMILES string of the molecule is CCCc1cc(=O)[nH]c2cc(NC(=O)C(CCCCN)NC(=O)CCC3CCCCC3)ccc12. The number of hydrogen-bond donors (Lipinski definition) is 4. The van der Waals surface area contributed by atoms with E-state index in [2.05, 4.69) is 22.5 Å². The van der Waals surface area contributed by atoms with E-state index in [-0.39, 0.29) is 17.4 Å². The summed E-state index contributed by atoms with van der Waals surface area (Å²) in [6.45, 7) is 2.64. The lowest BCUT2D eigenvalue weighted by atomic mass is 9.86. The van der Waals surface area contributed by atoms with E-state index in [0.717, 1.165) is 43.1 Å². The molecule has 7 nitrogen and oxygen atoms in total. The molecule has 5 N–H and O–H groups in total. The number of aromatic nitrogens is 1. The molecule has 2 amide bonds. The predicted octanol–water partition coefficient (Wildman–Crippen LogP) is 4.39. The third kappa shape index (κ3) is 7.69. The van der Waals surface area contributed by atoms with Crippen LogP contribution in [-0.2, 0) is 16.0 Å². The van der Waals surface area contributed by atoms with Gasteiger partial charge in [0.05, 0.1) is 5.52 Å². The van der Waals surface area contributed by atoms with Gasteiger partial charge in [-0.15, -0.1) is 0 Å². The molecule has 1 fully saturated rings. The van der Waals surface area contributed by atoms with E-state index < -0.39 is 6.04 Å². The number of nitrogens with two attached hydrogens (primary N) is 1. The van der Waals surface area contributed by atoms with Crippen molar-refractivity contribution < 1.29 is 9.59 Å². The van der Waals surface area contributed by atoms with Crippen LogP contribution in [0, 0.1) is 5.92 Å². The second-order valence-corrected chi connectivity index (χ2v) is 9.61. The van der Waals surface area contributed by atoms with Crippen LogP contribution in [0.15, 0.2) is 29.1 Å². The molecule has 1 aliphatic carbocycles. The number of aromatic amines is 1. The molecule has 1 aromatic heterocycles. The zero-order chi connectivity index (χ0) is 24.3. The third-order valence-corrected chi connectivity index (χ3v) is 6.82. The highest BCUT2D eigenvalue weighted by molar-refractivity contribution is 5.98. The van der Waals surface area contributed by atoms with Crippen molar-refractivity contribution in [2.45, 2.75) is 90.0 Å². The maximum absolute atomic E-state index is 13.1. The standard InChI is InChI=1S/C27H40N4O3/c1-2-8-20-17-26(33)31-24-18-21(13-14-22(20)24)29-27(34)23(11-6-7-16-28)30-25(32)15-12-19-9-4-3-5-10-19/h13-14,17-19,23H,2-12,15-16,28H2,1H3,(H,29,34)(H,30,32)(H,31,33). The minimum absolute atomic E-state index is 0.0643. The molecule has 7 heteroatoms. The fraction of sp³-hybridized carbons (Fsp3) is 0.593. The second-order valence-electron chi connectivity index (χ2n) is 9.61. The summed E-state index contributed by atoms with van der Waals surface area (Å²) in [4.78, 5) is 40.7. The van der Waals surface area contributed by atoms with Gasteiger partial charge in [-0.3, -0.25) is 14.4 Å². The summed E-state index contributed by atoms with van der Waals surface area (Å²) in [7, 11) is 0. The molecule has 0 bridgehead atoms. The van der Waals surface area contributed by atoms with Crippen LogP contribution in [0.3, 0.4) is 0 Å². The van der Waals surface area contributed by atoms with E-state index in [9.17, 15) is 14.4 Å². The number of benzene rings is 1. The van der Waals surface area contributed by atoms with Crippen molar-refractivity contribution in [3.63, 3.8) is 0 Å². The molecular weight excluding hydrogens is 428 g/mol. The first-order valence-corrected chi connectivity index (χ1v) is 13.0. The zero-order valence-corrected chi connectivity index (χ0v) is 20.5. The Morgan fingerprint density at radius 3 is 2.68 bits per heavy atom. The molecule has 1 aliphatic rings. The molecule has 2 aromatic rings. The first kappa shape index (κ1) is 25.9. The molecular formula is C27H40N4O3. The van der Waals surface area contributed by atoms with Gasteiger partial charge in [-0.05, 0) is 62.3 Å². The number of hydrogen-bond acceptors (Lipinski definition) is 4. The van der Waals surface area contributed by atoms with E-state index >= 15 is 0 Å². The van der Waals surface area contributed by atoms with Crippen LogP contribution in [0.25, 0.3) is 10.9 Å². The quantitative estimate of drug-likeness (QED) is 0.346. The average Bonchev–Trinajstić information content (AvgIpc) is 2.82. The maximum atomic E-state index is 13.1. The van der Waals surface area contributed by atoms with E-state index in [0.29, 0.717) is 36.5 Å². The molecule has 186 valence electrons. The molecule has 0 radical (unpaired) electrons. The van der Waals surface area contributed by atoms with Crippen LogP contribution in [0.1, 0.15) is 83.1 Å². The van der Waals surface area contributed by atoms with Gasteiger partial charge in [-0.2, -0.15) is 0 Å². The number of carbonyl (C=O) groups excluding carboxylic acids is 2. The van der Waals surface area contributed by atoms with Crippen molar-refractivity contribution in [3.05, 3.63) is 40.2 Å². The van der Waals surface area contributed by atoms with Crippen molar-refractivity contribution in [3.8, 4) is 0 Å². The fourth-order valence-electron chi connectivity index (χ4n) is 4.95. The summed E-state index contributed by atoms with van der Waals surface area (Å²) in [6, 6.07) is 6.60. The Bertz CT molecular complexity index is 1010. The van der Waals surface area contributed by atoms with Crippen LogP contribution < -0.4 is 21.9 Å². The van der Waals surface area contributed by atoms with Crippen molar-refractivity contribution in [2.24, 2.45) is 11.7 Å². The monoisotopic (exact) mass is 468 g/mol. The molecule has 0 saturated heterocycles. The summed E-state index contributed by atoms with van der Waals surface area (Å²) >= 11 is 0. The van der Waals surface area contributed by atoms with Crippen LogP contribution in [-0.4, -0.2) is 29.4 Å². The topological polar surface area (TPSA) is 117 Å². The minimum atomic E-state index is -0.605. The van der Waals surface area contributed by atoms with Crippen LogP contribution >= 0.6 is 0 Å². The first-order valence-electron chi connectivity index (χ1n) is 13.0. The van der Waals surface area contributed by atoms with Crippen molar-refractivity contribution >= 4 is 28.4 Å². The van der Waals surface area contributed by atoms with Gasteiger partial charge in [0.1, 0.15) is 6.04 Å². The molecule has 34 heavy (non-hydrogen) atoms. The number of aryl methyl sites for hydroxylation is 1. The summed E-state index contributed by atoms with van der Waals surface area (Å²) in [5.74, 6) is 0.321. The molecule has 1 atom stereocenters. The second kappa shape index (κ2) is 13.3. The summed E-state index contributed by atoms with van der Waals surface area (Å²) in [5.41, 5.74) is 7.78. The number of anilines is 1. The van der Waals surface area contributed by atoms with Crippen molar-refractivity contribution in [1.82, 2.24) is 10.3 Å². The van der Waals surface area contributed by atoms with Gasteiger partial charge < -0.3 is 21.4 Å². The Kier molecular flexibility index (Phi) is 10.1. The van der Waals surface area contributed by atoms with Crippen LogP contribution in [0.5, 0.6) is 0 Å². The van der Waals surface area contributed by atoms with Crippen molar-refractivity contribution in [2.75, 3.05) is 11.9 Å². The summed E-state index contributed by atoms with van der Waals surface area (Å²) in [6.07, 6.45) is 11.5. The van der Waals surface area contributed by atoms with Crippen molar-refractivity contribution in [1.29, 1.82) is 0 Å². The maximum Gasteiger partial charge on any atom is 0.248 e. The summed E-state index contributed by atoms with van der Waals surface area (Å²) in [5, 5.41) is 6.88. The Morgan fingerprint density at radius 2 is 1.94 bits per heavy atom. The third-order valence-electron chi connectivity index (χ3n) is 6.82. The lowest BCUT2D eigenvalue weighted by Gasteiger charge is -2.22. The van der Waals surface area contributed by atoms with Gasteiger partial charge in [0.25, 0.3) is 0 Å². The van der Waals surface area contributed by atoms with E-state index in [1.807, 2.05) is 12.1 Å². The van der Waals surface area contributed by atoms with Gasteiger partial charge in [-0.1, -0.05) is 51.5 Å². The van der Waals surface area contributed by atoms with Crippen LogP contribution in [0.4, 0.5) is 5.69 Å². The number of amides is 2. The van der Waals surface area contributed by atoms with E-state index in [1.165, 1.54) is 32.1 Å². The Labute approximate surface area is 202 Å². The molecule has 0 aliphatic heterocycles. The smallest absolute Gasteiger partial charge is 0.248 e. The highest BCUT2D eigenvalue weighted by atomic mass is 16.2. The number of H-pyrrole nitrogens is 1. The summed E-state index contributed by atoms with van der Waals surface area (Å²) < 4.78 is 0. The molecule has 1 aromatic carbocycles.